The lowest BCUT2D eigenvalue weighted by Gasteiger charge is -2.31. The van der Waals surface area contributed by atoms with E-state index in [1.807, 2.05) is 13.8 Å². The number of urea groups is 1. The minimum absolute atomic E-state index is 0.0740. The molecule has 2 aromatic rings. The van der Waals surface area contributed by atoms with Gasteiger partial charge < -0.3 is 10.2 Å². The highest BCUT2D eigenvalue weighted by Gasteiger charge is 2.26. The van der Waals surface area contributed by atoms with Crippen molar-refractivity contribution in [1.82, 2.24) is 15.1 Å². The molecule has 0 aliphatic carbocycles. The van der Waals surface area contributed by atoms with Crippen LogP contribution in [0.3, 0.4) is 0 Å². The summed E-state index contributed by atoms with van der Waals surface area (Å²) in [6.07, 6.45) is 2.44. The fourth-order valence-electron chi connectivity index (χ4n) is 3.74. The Balaban J connectivity index is 1.65. The Kier molecular flexibility index (Phi) is 6.85. The number of rotatable bonds is 7. The standard InChI is InChI=1S/C21H28FN3OS/c1-3-25(16(2)17-8-10-18(22)11-9-17)21(26)23-15-19(20-7-6-14-27-20)24-12-4-5-13-24/h6-11,14,16,19H,3-5,12-13,15H2,1-2H3,(H,23,26). The molecular weight excluding hydrogens is 361 g/mol. The van der Waals surface area contributed by atoms with Crippen molar-refractivity contribution in [3.63, 3.8) is 0 Å². The van der Waals surface area contributed by atoms with Gasteiger partial charge in [0.2, 0.25) is 0 Å². The van der Waals surface area contributed by atoms with Gasteiger partial charge in [-0.2, -0.15) is 0 Å². The van der Waals surface area contributed by atoms with Crippen molar-refractivity contribution >= 4 is 17.4 Å². The molecule has 2 amide bonds. The van der Waals surface area contributed by atoms with E-state index in [2.05, 4.69) is 27.7 Å². The van der Waals surface area contributed by atoms with Gasteiger partial charge in [-0.3, -0.25) is 4.90 Å². The number of nitrogens with one attached hydrogen (secondary N) is 1. The third kappa shape index (κ3) is 4.87. The molecule has 4 nitrogen and oxygen atoms in total. The summed E-state index contributed by atoms with van der Waals surface area (Å²) in [4.78, 5) is 18.4. The number of nitrogens with zero attached hydrogens (tertiary/aromatic N) is 2. The quantitative estimate of drug-likeness (QED) is 0.737. The summed E-state index contributed by atoms with van der Waals surface area (Å²) in [5.41, 5.74) is 0.933. The number of carbonyl (C=O) groups is 1. The summed E-state index contributed by atoms with van der Waals surface area (Å²) in [7, 11) is 0. The number of benzene rings is 1. The van der Waals surface area contributed by atoms with Crippen LogP contribution in [0.5, 0.6) is 0 Å². The Morgan fingerprint density at radius 3 is 2.56 bits per heavy atom. The van der Waals surface area contributed by atoms with Gasteiger partial charge in [-0.25, -0.2) is 9.18 Å². The van der Waals surface area contributed by atoms with Crippen LogP contribution in [0.15, 0.2) is 41.8 Å². The van der Waals surface area contributed by atoms with Crippen LogP contribution in [0.4, 0.5) is 9.18 Å². The molecule has 1 aliphatic rings. The Morgan fingerprint density at radius 1 is 1.26 bits per heavy atom. The maximum atomic E-state index is 13.2. The number of hydrogen-bond acceptors (Lipinski definition) is 3. The van der Waals surface area contributed by atoms with Gasteiger partial charge in [0.25, 0.3) is 0 Å². The summed E-state index contributed by atoms with van der Waals surface area (Å²) in [5.74, 6) is -0.261. The Labute approximate surface area is 165 Å². The van der Waals surface area contributed by atoms with E-state index in [1.54, 1.807) is 28.4 Å². The zero-order valence-corrected chi connectivity index (χ0v) is 16.8. The van der Waals surface area contributed by atoms with Gasteiger partial charge in [0.15, 0.2) is 0 Å². The molecule has 146 valence electrons. The second-order valence-corrected chi connectivity index (χ2v) is 7.95. The molecule has 2 heterocycles. The lowest BCUT2D eigenvalue weighted by atomic mass is 10.1. The molecule has 27 heavy (non-hydrogen) atoms. The third-order valence-corrected chi connectivity index (χ3v) is 6.29. The molecule has 1 fully saturated rings. The van der Waals surface area contributed by atoms with Crippen LogP contribution in [0.25, 0.3) is 0 Å². The molecule has 1 aliphatic heterocycles. The number of halogens is 1. The highest BCUT2D eigenvalue weighted by Crippen LogP contribution is 2.28. The lowest BCUT2D eigenvalue weighted by molar-refractivity contribution is 0.175. The van der Waals surface area contributed by atoms with Crippen molar-refractivity contribution < 1.29 is 9.18 Å². The molecule has 2 atom stereocenters. The van der Waals surface area contributed by atoms with E-state index >= 15 is 0 Å². The number of carbonyl (C=O) groups excluding carboxylic acids is 1. The number of hydrogen-bond donors (Lipinski definition) is 1. The molecule has 0 spiro atoms. The van der Waals surface area contributed by atoms with Crippen LogP contribution in [0.1, 0.15) is 49.2 Å². The predicted molar refractivity (Wildman–Crippen MR) is 108 cm³/mol. The third-order valence-electron chi connectivity index (χ3n) is 5.32. The number of thiophene rings is 1. The van der Waals surface area contributed by atoms with Crippen LogP contribution in [-0.2, 0) is 0 Å². The fraction of sp³-hybridized carbons (Fsp3) is 0.476. The number of likely N-dealkylation sites (tertiary alicyclic amines) is 1. The highest BCUT2D eigenvalue weighted by atomic mass is 32.1. The Hall–Kier alpha value is -1.92. The Bertz CT molecular complexity index is 714. The second-order valence-electron chi connectivity index (χ2n) is 6.97. The van der Waals surface area contributed by atoms with E-state index < -0.39 is 0 Å². The first-order valence-corrected chi connectivity index (χ1v) is 10.6. The number of amides is 2. The molecule has 3 rings (SSSR count). The Morgan fingerprint density at radius 2 is 1.96 bits per heavy atom. The normalized spacial score (nSPS) is 16.9. The van der Waals surface area contributed by atoms with Gasteiger partial charge in [-0.15, -0.1) is 11.3 Å². The predicted octanol–water partition coefficient (Wildman–Crippen LogP) is 4.82. The first-order chi connectivity index (χ1) is 13.1. The first kappa shape index (κ1) is 19.8. The molecule has 0 saturated carbocycles. The minimum atomic E-state index is -0.261. The van der Waals surface area contributed by atoms with Crippen molar-refractivity contribution in [3.05, 3.63) is 58.0 Å². The van der Waals surface area contributed by atoms with Crippen molar-refractivity contribution in [2.45, 2.75) is 38.8 Å². The highest BCUT2D eigenvalue weighted by molar-refractivity contribution is 7.10. The van der Waals surface area contributed by atoms with Crippen molar-refractivity contribution in [3.8, 4) is 0 Å². The molecule has 6 heteroatoms. The molecule has 1 N–H and O–H groups in total. The maximum absolute atomic E-state index is 13.2. The first-order valence-electron chi connectivity index (χ1n) is 9.67. The molecular formula is C21H28FN3OS. The zero-order valence-electron chi connectivity index (χ0n) is 16.0. The fourth-order valence-corrected chi connectivity index (χ4v) is 4.60. The monoisotopic (exact) mass is 389 g/mol. The second kappa shape index (κ2) is 9.33. The van der Waals surface area contributed by atoms with Crippen LogP contribution in [-0.4, -0.2) is 42.0 Å². The summed E-state index contributed by atoms with van der Waals surface area (Å²) < 4.78 is 13.2. The van der Waals surface area contributed by atoms with Gasteiger partial charge in [0, 0.05) is 18.0 Å². The van der Waals surface area contributed by atoms with Crippen LogP contribution in [0, 0.1) is 5.82 Å². The van der Waals surface area contributed by atoms with E-state index in [-0.39, 0.29) is 23.9 Å². The van der Waals surface area contributed by atoms with Crippen molar-refractivity contribution in [2.24, 2.45) is 0 Å². The summed E-state index contributed by atoms with van der Waals surface area (Å²) >= 11 is 1.75. The zero-order chi connectivity index (χ0) is 19.2. The molecule has 1 aromatic carbocycles. The molecule has 0 bridgehead atoms. The average molecular weight is 390 g/mol. The smallest absolute Gasteiger partial charge is 0.317 e. The van der Waals surface area contributed by atoms with Crippen molar-refractivity contribution in [1.29, 1.82) is 0 Å². The van der Waals surface area contributed by atoms with E-state index in [0.717, 1.165) is 18.7 Å². The summed E-state index contributed by atoms with van der Waals surface area (Å²) in [6, 6.07) is 10.6. The van der Waals surface area contributed by atoms with E-state index in [1.165, 1.54) is 29.9 Å². The molecule has 0 radical (unpaired) electrons. The summed E-state index contributed by atoms with van der Waals surface area (Å²) in [6.45, 7) is 7.32. The van der Waals surface area contributed by atoms with Gasteiger partial charge in [0.1, 0.15) is 5.82 Å². The van der Waals surface area contributed by atoms with Crippen LogP contribution in [0.2, 0.25) is 0 Å². The topological polar surface area (TPSA) is 35.6 Å². The lowest BCUT2D eigenvalue weighted by Crippen LogP contribution is -2.44. The molecule has 2 unspecified atom stereocenters. The van der Waals surface area contributed by atoms with E-state index in [4.69, 9.17) is 0 Å². The van der Waals surface area contributed by atoms with E-state index in [0.29, 0.717) is 13.1 Å². The van der Waals surface area contributed by atoms with Gasteiger partial charge >= 0.3 is 6.03 Å². The van der Waals surface area contributed by atoms with Crippen molar-refractivity contribution in [2.75, 3.05) is 26.2 Å². The SMILES string of the molecule is CCN(C(=O)NCC(c1cccs1)N1CCCC1)C(C)c1ccc(F)cc1. The molecule has 1 saturated heterocycles. The van der Waals surface area contributed by atoms with Gasteiger partial charge in [-0.05, 0) is 68.9 Å². The van der Waals surface area contributed by atoms with Crippen LogP contribution >= 0.6 is 11.3 Å². The summed E-state index contributed by atoms with van der Waals surface area (Å²) in [5, 5.41) is 5.23. The maximum Gasteiger partial charge on any atom is 0.317 e. The largest absolute Gasteiger partial charge is 0.336 e. The van der Waals surface area contributed by atoms with Crippen LogP contribution < -0.4 is 5.32 Å². The molecule has 1 aromatic heterocycles. The van der Waals surface area contributed by atoms with E-state index in [9.17, 15) is 9.18 Å². The average Bonchev–Trinajstić information content (AvgIpc) is 3.37. The van der Waals surface area contributed by atoms with Gasteiger partial charge in [0.05, 0.1) is 12.1 Å². The minimum Gasteiger partial charge on any atom is -0.336 e. The van der Waals surface area contributed by atoms with Gasteiger partial charge in [-0.1, -0.05) is 18.2 Å².